The molecular formula is C17H21NO2S. The first-order chi connectivity index (χ1) is 10.0. The van der Waals surface area contributed by atoms with Gasteiger partial charge in [0.05, 0.1) is 4.91 Å². The van der Waals surface area contributed by atoms with E-state index in [2.05, 4.69) is 26.0 Å². The molecule has 1 heterocycles. The summed E-state index contributed by atoms with van der Waals surface area (Å²) in [5.74, 6) is 0.326. The SMILES string of the molecule is CCCCN1C(=O)SC(=Cc2ccc(C(C)C)cc2)C1=O. The Morgan fingerprint density at radius 2 is 1.86 bits per heavy atom. The van der Waals surface area contributed by atoms with Crippen molar-refractivity contribution in [2.24, 2.45) is 0 Å². The summed E-state index contributed by atoms with van der Waals surface area (Å²) in [6.07, 6.45) is 3.63. The van der Waals surface area contributed by atoms with Crippen molar-refractivity contribution in [1.29, 1.82) is 0 Å². The monoisotopic (exact) mass is 303 g/mol. The van der Waals surface area contributed by atoms with Crippen molar-refractivity contribution in [2.45, 2.75) is 39.5 Å². The van der Waals surface area contributed by atoms with Gasteiger partial charge in [0, 0.05) is 6.54 Å². The van der Waals surface area contributed by atoms with Crippen LogP contribution in [0.15, 0.2) is 29.2 Å². The molecule has 3 nitrogen and oxygen atoms in total. The molecule has 1 aliphatic rings. The third-order valence-electron chi connectivity index (χ3n) is 3.51. The lowest BCUT2D eigenvalue weighted by Crippen LogP contribution is -2.29. The molecule has 4 heteroatoms. The third-order valence-corrected chi connectivity index (χ3v) is 4.42. The Kier molecular flexibility index (Phi) is 5.23. The lowest BCUT2D eigenvalue weighted by atomic mass is 10.0. The summed E-state index contributed by atoms with van der Waals surface area (Å²) in [5.41, 5.74) is 2.23. The van der Waals surface area contributed by atoms with Crippen molar-refractivity contribution in [1.82, 2.24) is 4.90 Å². The van der Waals surface area contributed by atoms with Crippen LogP contribution in [0.4, 0.5) is 4.79 Å². The highest BCUT2D eigenvalue weighted by molar-refractivity contribution is 8.18. The normalized spacial score (nSPS) is 17.3. The van der Waals surface area contributed by atoms with E-state index in [1.54, 1.807) is 6.08 Å². The highest BCUT2D eigenvalue weighted by Gasteiger charge is 2.34. The highest BCUT2D eigenvalue weighted by atomic mass is 32.2. The van der Waals surface area contributed by atoms with Crippen LogP contribution >= 0.6 is 11.8 Å². The van der Waals surface area contributed by atoms with Gasteiger partial charge in [-0.1, -0.05) is 51.5 Å². The maximum atomic E-state index is 12.2. The minimum atomic E-state index is -0.161. The van der Waals surface area contributed by atoms with E-state index < -0.39 is 0 Å². The van der Waals surface area contributed by atoms with Crippen LogP contribution in [0.2, 0.25) is 0 Å². The molecule has 0 atom stereocenters. The summed E-state index contributed by atoms with van der Waals surface area (Å²) in [4.78, 5) is 26.0. The smallest absolute Gasteiger partial charge is 0.268 e. The average molecular weight is 303 g/mol. The van der Waals surface area contributed by atoms with Gasteiger partial charge in [-0.3, -0.25) is 14.5 Å². The number of benzene rings is 1. The van der Waals surface area contributed by atoms with Gasteiger partial charge < -0.3 is 0 Å². The first-order valence-electron chi connectivity index (χ1n) is 7.38. The Labute approximate surface area is 130 Å². The van der Waals surface area contributed by atoms with Crippen LogP contribution in [0.5, 0.6) is 0 Å². The number of hydrogen-bond donors (Lipinski definition) is 0. The second-order valence-electron chi connectivity index (χ2n) is 5.51. The maximum Gasteiger partial charge on any atom is 0.293 e. The Hall–Kier alpha value is -1.55. The van der Waals surface area contributed by atoms with Crippen LogP contribution in [0.1, 0.15) is 50.7 Å². The molecule has 1 saturated heterocycles. The van der Waals surface area contributed by atoms with Crippen LogP contribution < -0.4 is 0 Å². The number of carbonyl (C=O) groups is 2. The number of unbranched alkanes of at least 4 members (excludes halogenated alkanes) is 1. The maximum absolute atomic E-state index is 12.2. The van der Waals surface area contributed by atoms with Crippen molar-refractivity contribution in [2.75, 3.05) is 6.54 Å². The molecule has 0 aromatic heterocycles. The van der Waals surface area contributed by atoms with Gasteiger partial charge in [0.1, 0.15) is 0 Å². The van der Waals surface area contributed by atoms with E-state index in [1.165, 1.54) is 10.5 Å². The second kappa shape index (κ2) is 6.94. The molecule has 2 amide bonds. The van der Waals surface area contributed by atoms with E-state index in [-0.39, 0.29) is 11.1 Å². The third kappa shape index (κ3) is 3.76. The molecule has 112 valence electrons. The molecule has 2 rings (SSSR count). The largest absolute Gasteiger partial charge is 0.293 e. The molecule has 0 radical (unpaired) electrons. The zero-order valence-electron chi connectivity index (χ0n) is 12.8. The lowest BCUT2D eigenvalue weighted by Gasteiger charge is -2.10. The molecule has 1 aliphatic heterocycles. The van der Waals surface area contributed by atoms with Gasteiger partial charge in [-0.15, -0.1) is 0 Å². The van der Waals surface area contributed by atoms with E-state index in [4.69, 9.17) is 0 Å². The average Bonchev–Trinajstić information content (AvgIpc) is 2.72. The molecular weight excluding hydrogens is 282 g/mol. The van der Waals surface area contributed by atoms with Crippen LogP contribution in [0.3, 0.4) is 0 Å². The Balaban J connectivity index is 2.14. The van der Waals surface area contributed by atoms with Crippen LogP contribution in [-0.2, 0) is 4.79 Å². The number of carbonyl (C=O) groups excluding carboxylic acids is 2. The molecule has 1 fully saturated rings. The van der Waals surface area contributed by atoms with E-state index in [0.717, 1.165) is 30.2 Å². The number of thioether (sulfide) groups is 1. The van der Waals surface area contributed by atoms with Gasteiger partial charge in [0.2, 0.25) is 0 Å². The summed E-state index contributed by atoms with van der Waals surface area (Å²) in [5, 5.41) is -0.154. The van der Waals surface area contributed by atoms with E-state index in [9.17, 15) is 9.59 Å². The Morgan fingerprint density at radius 1 is 1.19 bits per heavy atom. The standard InChI is InChI=1S/C17H21NO2S/c1-4-5-10-18-16(19)15(21-17(18)20)11-13-6-8-14(9-7-13)12(2)3/h6-9,11-12H,4-5,10H2,1-3H3. The van der Waals surface area contributed by atoms with Crippen molar-refractivity contribution in [3.05, 3.63) is 40.3 Å². The summed E-state index contributed by atoms with van der Waals surface area (Å²) >= 11 is 1.04. The number of rotatable bonds is 5. The summed E-state index contributed by atoms with van der Waals surface area (Å²) in [7, 11) is 0. The zero-order valence-corrected chi connectivity index (χ0v) is 13.6. The predicted molar refractivity (Wildman–Crippen MR) is 88.1 cm³/mol. The molecule has 0 unspecified atom stereocenters. The van der Waals surface area contributed by atoms with Gasteiger partial charge in [0.15, 0.2) is 0 Å². The van der Waals surface area contributed by atoms with Crippen LogP contribution in [0.25, 0.3) is 6.08 Å². The fourth-order valence-electron chi connectivity index (χ4n) is 2.14. The minimum absolute atomic E-state index is 0.154. The quantitative estimate of drug-likeness (QED) is 0.743. The van der Waals surface area contributed by atoms with E-state index in [1.807, 2.05) is 19.1 Å². The Morgan fingerprint density at radius 3 is 2.43 bits per heavy atom. The number of amides is 2. The topological polar surface area (TPSA) is 37.4 Å². The van der Waals surface area contributed by atoms with Crippen LogP contribution in [0, 0.1) is 0 Å². The van der Waals surface area contributed by atoms with Crippen molar-refractivity contribution >= 4 is 29.0 Å². The minimum Gasteiger partial charge on any atom is -0.268 e. The Bertz CT molecular complexity index is 561. The zero-order chi connectivity index (χ0) is 15.4. The summed E-state index contributed by atoms with van der Waals surface area (Å²) in [6, 6.07) is 8.13. The summed E-state index contributed by atoms with van der Waals surface area (Å²) < 4.78 is 0. The molecule has 0 bridgehead atoms. The molecule has 0 N–H and O–H groups in total. The fraction of sp³-hybridized carbons (Fsp3) is 0.412. The van der Waals surface area contributed by atoms with Gasteiger partial charge in [0.25, 0.3) is 11.1 Å². The molecule has 1 aromatic rings. The predicted octanol–water partition coefficient (Wildman–Crippen LogP) is 4.65. The van der Waals surface area contributed by atoms with Crippen LogP contribution in [-0.4, -0.2) is 22.6 Å². The second-order valence-corrected chi connectivity index (χ2v) is 6.50. The van der Waals surface area contributed by atoms with Crippen molar-refractivity contribution in [3.8, 4) is 0 Å². The fourth-order valence-corrected chi connectivity index (χ4v) is 3.00. The van der Waals surface area contributed by atoms with Crippen molar-refractivity contribution < 1.29 is 9.59 Å². The first kappa shape index (κ1) is 15.8. The summed E-state index contributed by atoms with van der Waals surface area (Å²) in [6.45, 7) is 6.86. The van der Waals surface area contributed by atoms with Gasteiger partial charge in [-0.05, 0) is 41.3 Å². The van der Waals surface area contributed by atoms with Gasteiger partial charge in [-0.2, -0.15) is 0 Å². The van der Waals surface area contributed by atoms with Gasteiger partial charge in [-0.25, -0.2) is 0 Å². The molecule has 0 saturated carbocycles. The first-order valence-corrected chi connectivity index (χ1v) is 8.20. The van der Waals surface area contributed by atoms with E-state index in [0.29, 0.717) is 17.4 Å². The number of hydrogen-bond acceptors (Lipinski definition) is 3. The van der Waals surface area contributed by atoms with Crippen molar-refractivity contribution in [3.63, 3.8) is 0 Å². The van der Waals surface area contributed by atoms with E-state index >= 15 is 0 Å². The lowest BCUT2D eigenvalue weighted by molar-refractivity contribution is -0.122. The molecule has 0 aliphatic carbocycles. The molecule has 0 spiro atoms. The number of imide groups is 1. The van der Waals surface area contributed by atoms with Gasteiger partial charge >= 0.3 is 0 Å². The highest BCUT2D eigenvalue weighted by Crippen LogP contribution is 2.32. The molecule has 21 heavy (non-hydrogen) atoms. The number of nitrogens with zero attached hydrogens (tertiary/aromatic N) is 1. The molecule has 1 aromatic carbocycles.